The summed E-state index contributed by atoms with van der Waals surface area (Å²) in [5.74, 6) is -3.95. The van der Waals surface area contributed by atoms with Crippen LogP contribution < -0.4 is 10.3 Å². The molecule has 1 fully saturated rings. The molecule has 3 aliphatic carbocycles. The van der Waals surface area contributed by atoms with Gasteiger partial charge >= 0.3 is 0 Å². The zero-order valence-corrected chi connectivity index (χ0v) is 23.4. The van der Waals surface area contributed by atoms with E-state index in [4.69, 9.17) is 0 Å². The number of hydrazone groups is 1. The van der Waals surface area contributed by atoms with Gasteiger partial charge in [0.1, 0.15) is 5.69 Å². The third kappa shape index (κ3) is 4.06. The number of nitro benzene ring substituents is 2. The SMILES string of the molecule is O=C(Cc1ccc([N+](=O)[O-])cc1)N/N=C\C12c3ccccc3C(c3ccccc31)[C@@H]1C(=O)N(c3ccccc3[N+](=O)[O-])C(=O)[C@H]12. The van der Waals surface area contributed by atoms with Crippen LogP contribution in [0.2, 0.25) is 0 Å². The molecule has 4 aliphatic rings. The topological polar surface area (TPSA) is 165 Å². The second-order valence-electron chi connectivity index (χ2n) is 11.2. The zero-order valence-electron chi connectivity index (χ0n) is 23.4. The van der Waals surface area contributed by atoms with E-state index < -0.39 is 50.7 Å². The van der Waals surface area contributed by atoms with E-state index in [2.05, 4.69) is 10.5 Å². The Morgan fingerprint density at radius 1 is 0.822 bits per heavy atom. The highest BCUT2D eigenvalue weighted by Gasteiger charge is 2.68. The van der Waals surface area contributed by atoms with Crippen LogP contribution in [0.15, 0.2) is 102 Å². The van der Waals surface area contributed by atoms with Crippen LogP contribution >= 0.6 is 0 Å². The summed E-state index contributed by atoms with van der Waals surface area (Å²) < 4.78 is 0. The van der Waals surface area contributed by atoms with Crippen molar-refractivity contribution in [2.75, 3.05) is 4.90 Å². The number of hydrogen-bond acceptors (Lipinski definition) is 8. The molecule has 45 heavy (non-hydrogen) atoms. The van der Waals surface area contributed by atoms with E-state index in [1.165, 1.54) is 48.7 Å². The summed E-state index contributed by atoms with van der Waals surface area (Å²) in [6, 6.07) is 26.2. The minimum absolute atomic E-state index is 0.0945. The molecule has 4 aromatic carbocycles. The number of carbonyl (C=O) groups is 3. The van der Waals surface area contributed by atoms with Gasteiger partial charge in [-0.1, -0.05) is 72.8 Å². The summed E-state index contributed by atoms with van der Waals surface area (Å²) in [7, 11) is 0. The van der Waals surface area contributed by atoms with Crippen LogP contribution in [0.1, 0.15) is 33.7 Å². The second kappa shape index (κ2) is 10.3. The Kier molecular flexibility index (Phi) is 6.36. The summed E-state index contributed by atoms with van der Waals surface area (Å²) in [4.78, 5) is 64.3. The van der Waals surface area contributed by atoms with Crippen molar-refractivity contribution >= 4 is 41.0 Å². The summed E-state index contributed by atoms with van der Waals surface area (Å²) >= 11 is 0. The molecule has 2 bridgehead atoms. The number of nitrogens with zero attached hydrogens (tertiary/aromatic N) is 4. The molecule has 0 radical (unpaired) electrons. The number of anilines is 1. The van der Waals surface area contributed by atoms with Gasteiger partial charge in [-0.3, -0.25) is 34.6 Å². The molecule has 1 saturated heterocycles. The van der Waals surface area contributed by atoms with Gasteiger partial charge in [0.25, 0.3) is 11.4 Å². The number of benzene rings is 4. The van der Waals surface area contributed by atoms with Crippen molar-refractivity contribution in [3.05, 3.63) is 145 Å². The predicted molar refractivity (Wildman–Crippen MR) is 162 cm³/mol. The van der Waals surface area contributed by atoms with Crippen LogP contribution in [-0.4, -0.2) is 33.8 Å². The minimum atomic E-state index is -1.28. The van der Waals surface area contributed by atoms with E-state index in [1.807, 2.05) is 48.5 Å². The molecule has 12 nitrogen and oxygen atoms in total. The molecule has 1 aliphatic heterocycles. The minimum Gasteiger partial charge on any atom is -0.274 e. The number of non-ortho nitro benzene ring substituents is 1. The molecule has 0 saturated carbocycles. The van der Waals surface area contributed by atoms with Crippen molar-refractivity contribution in [2.24, 2.45) is 16.9 Å². The average molecular weight is 602 g/mol. The van der Waals surface area contributed by atoms with Gasteiger partial charge in [0.2, 0.25) is 17.7 Å². The molecule has 2 atom stereocenters. The number of amides is 3. The van der Waals surface area contributed by atoms with Gasteiger partial charge in [-0.2, -0.15) is 5.10 Å². The summed E-state index contributed by atoms with van der Waals surface area (Å²) in [6.45, 7) is 0. The van der Waals surface area contributed by atoms with E-state index in [0.717, 1.165) is 27.2 Å². The van der Waals surface area contributed by atoms with Gasteiger partial charge in [0.05, 0.1) is 33.5 Å². The van der Waals surface area contributed by atoms with Crippen molar-refractivity contribution in [3.63, 3.8) is 0 Å². The molecular formula is C33H23N5O7. The van der Waals surface area contributed by atoms with Crippen LogP contribution in [0.4, 0.5) is 17.1 Å². The molecule has 1 heterocycles. The first-order valence-electron chi connectivity index (χ1n) is 14.1. The molecule has 0 unspecified atom stereocenters. The fourth-order valence-electron chi connectivity index (χ4n) is 7.26. The van der Waals surface area contributed by atoms with Crippen molar-refractivity contribution in [2.45, 2.75) is 17.8 Å². The number of nitro groups is 2. The molecule has 3 amide bonds. The van der Waals surface area contributed by atoms with E-state index in [1.54, 1.807) is 6.07 Å². The number of rotatable bonds is 7. The van der Waals surface area contributed by atoms with Crippen LogP contribution in [0.25, 0.3) is 0 Å². The Bertz CT molecular complexity index is 1920. The van der Waals surface area contributed by atoms with Gasteiger partial charge < -0.3 is 0 Å². The van der Waals surface area contributed by atoms with Crippen molar-refractivity contribution in [3.8, 4) is 0 Å². The fourth-order valence-corrected chi connectivity index (χ4v) is 7.26. The number of carbonyl (C=O) groups excluding carboxylic acids is 3. The standard InChI is InChI=1S/C33H23N5O7/c39-27(17-19-13-15-20(16-14-19)37(42)43)35-34-18-33-23-9-3-1-7-21(23)28(22-8-2-4-10-24(22)33)29-30(33)32(41)36(31(29)40)25-11-5-6-12-26(25)38(44)45/h1-16,18,28-30H,17H2,(H,35,39)/b34-18-/t28?,29-,30-,33?/m0/s1. The quantitative estimate of drug-likeness (QED) is 0.142. The number of para-hydroxylation sites is 2. The molecule has 12 heteroatoms. The highest BCUT2D eigenvalue weighted by molar-refractivity contribution is 6.25. The van der Waals surface area contributed by atoms with Crippen molar-refractivity contribution in [1.82, 2.24) is 5.43 Å². The summed E-state index contributed by atoms with van der Waals surface area (Å²) in [5, 5.41) is 27.2. The maximum absolute atomic E-state index is 14.4. The van der Waals surface area contributed by atoms with E-state index >= 15 is 0 Å². The maximum atomic E-state index is 14.4. The van der Waals surface area contributed by atoms with Gasteiger partial charge in [0, 0.05) is 30.3 Å². The second-order valence-corrected chi connectivity index (χ2v) is 11.2. The molecular weight excluding hydrogens is 578 g/mol. The maximum Gasteiger partial charge on any atom is 0.293 e. The van der Waals surface area contributed by atoms with E-state index in [0.29, 0.717) is 5.56 Å². The van der Waals surface area contributed by atoms with Crippen molar-refractivity contribution < 1.29 is 24.2 Å². The third-order valence-corrected chi connectivity index (χ3v) is 8.97. The Hall–Kier alpha value is -6.04. The first-order chi connectivity index (χ1) is 21.7. The number of imide groups is 1. The predicted octanol–water partition coefficient (Wildman–Crippen LogP) is 4.40. The van der Waals surface area contributed by atoms with Gasteiger partial charge in [-0.15, -0.1) is 0 Å². The van der Waals surface area contributed by atoms with Gasteiger partial charge in [0.15, 0.2) is 0 Å². The lowest BCUT2D eigenvalue weighted by Crippen LogP contribution is -2.54. The average Bonchev–Trinajstić information content (AvgIpc) is 3.31. The highest BCUT2D eigenvalue weighted by Crippen LogP contribution is 2.63. The lowest BCUT2D eigenvalue weighted by atomic mass is 9.47. The largest absolute Gasteiger partial charge is 0.293 e. The molecule has 8 rings (SSSR count). The Balaban J connectivity index is 1.32. The lowest BCUT2D eigenvalue weighted by Gasteiger charge is -2.52. The fraction of sp³-hybridized carbons (Fsp3) is 0.152. The number of hydrogen-bond donors (Lipinski definition) is 1. The highest BCUT2D eigenvalue weighted by atomic mass is 16.6. The normalized spacial score (nSPS) is 22.6. The monoisotopic (exact) mass is 601 g/mol. The molecule has 222 valence electrons. The first-order valence-corrected chi connectivity index (χ1v) is 14.1. The van der Waals surface area contributed by atoms with Crippen LogP contribution in [0.3, 0.4) is 0 Å². The Morgan fingerprint density at radius 3 is 2.04 bits per heavy atom. The zero-order chi connectivity index (χ0) is 31.5. The van der Waals surface area contributed by atoms with Gasteiger partial charge in [-0.05, 0) is 33.9 Å². The van der Waals surface area contributed by atoms with Crippen LogP contribution in [0.5, 0.6) is 0 Å². The van der Waals surface area contributed by atoms with Crippen LogP contribution in [0, 0.1) is 32.1 Å². The van der Waals surface area contributed by atoms with Crippen LogP contribution in [-0.2, 0) is 26.2 Å². The van der Waals surface area contributed by atoms with E-state index in [9.17, 15) is 34.6 Å². The van der Waals surface area contributed by atoms with Crippen molar-refractivity contribution in [1.29, 1.82) is 0 Å². The lowest BCUT2D eigenvalue weighted by molar-refractivity contribution is -0.384. The molecule has 1 N–H and O–H groups in total. The summed E-state index contributed by atoms with van der Waals surface area (Å²) in [5.41, 5.74) is 4.43. The molecule has 0 aromatic heterocycles. The summed E-state index contributed by atoms with van der Waals surface area (Å²) in [6.07, 6.45) is 1.39. The van der Waals surface area contributed by atoms with E-state index in [-0.39, 0.29) is 23.5 Å². The first kappa shape index (κ1) is 27.8. The Morgan fingerprint density at radius 2 is 1.42 bits per heavy atom. The molecule has 0 spiro atoms. The Labute approximate surface area is 255 Å². The van der Waals surface area contributed by atoms with Gasteiger partial charge in [-0.25, -0.2) is 10.3 Å². The smallest absolute Gasteiger partial charge is 0.274 e. The molecule has 4 aromatic rings. The number of nitrogens with one attached hydrogen (secondary N) is 1. The third-order valence-electron chi connectivity index (χ3n) is 8.97.